The Hall–Kier alpha value is -2.56. The Balaban J connectivity index is 1.89. The van der Waals surface area contributed by atoms with E-state index in [1.165, 1.54) is 11.1 Å². The normalized spacial score (nSPS) is 12.6. The van der Waals surface area contributed by atoms with Gasteiger partial charge in [0.05, 0.1) is 12.6 Å². The average molecular weight is 340 g/mol. The van der Waals surface area contributed by atoms with Crippen molar-refractivity contribution < 1.29 is 4.74 Å². The van der Waals surface area contributed by atoms with Gasteiger partial charge in [-0.25, -0.2) is 4.98 Å². The Morgan fingerprint density at radius 2 is 2.04 bits per heavy atom. The van der Waals surface area contributed by atoms with Crippen molar-refractivity contribution in [2.75, 3.05) is 13.7 Å². The van der Waals surface area contributed by atoms with Gasteiger partial charge in [-0.15, -0.1) is 0 Å². The maximum atomic E-state index is 5.50. The smallest absolute Gasteiger partial charge is 0.213 e. The second-order valence-corrected chi connectivity index (χ2v) is 6.00. The lowest BCUT2D eigenvalue weighted by Crippen LogP contribution is -2.38. The van der Waals surface area contributed by atoms with Gasteiger partial charge in [0.15, 0.2) is 5.96 Å². The van der Waals surface area contributed by atoms with Gasteiger partial charge in [0.1, 0.15) is 0 Å². The van der Waals surface area contributed by atoms with Crippen LogP contribution in [-0.4, -0.2) is 24.6 Å². The summed E-state index contributed by atoms with van der Waals surface area (Å²) in [5.74, 6) is 1.43. The second kappa shape index (κ2) is 9.67. The van der Waals surface area contributed by atoms with Gasteiger partial charge < -0.3 is 15.4 Å². The average Bonchev–Trinajstić information content (AvgIpc) is 2.64. The highest BCUT2D eigenvalue weighted by atomic mass is 16.5. The third-order valence-corrected chi connectivity index (χ3v) is 3.94. The molecule has 0 fully saturated rings. The van der Waals surface area contributed by atoms with Crippen LogP contribution in [0.25, 0.3) is 0 Å². The summed E-state index contributed by atoms with van der Waals surface area (Å²) in [6.07, 6.45) is 2.81. The van der Waals surface area contributed by atoms with Gasteiger partial charge >= 0.3 is 0 Å². The van der Waals surface area contributed by atoms with Gasteiger partial charge in [-0.05, 0) is 37.0 Å². The van der Waals surface area contributed by atoms with Crippen LogP contribution in [0.5, 0.6) is 5.88 Å². The molecule has 0 saturated carbocycles. The number of rotatable bonds is 7. The molecular formula is C20H28N4O. The first-order valence-corrected chi connectivity index (χ1v) is 8.74. The quantitative estimate of drug-likeness (QED) is 0.597. The molecule has 0 aliphatic rings. The lowest BCUT2D eigenvalue weighted by atomic mass is 10.0. The number of aliphatic imine (C=N–C) groups is 1. The third kappa shape index (κ3) is 5.78. The van der Waals surface area contributed by atoms with E-state index in [-0.39, 0.29) is 6.04 Å². The molecule has 5 nitrogen and oxygen atoms in total. The van der Waals surface area contributed by atoms with Crippen LogP contribution in [-0.2, 0) is 6.54 Å². The van der Waals surface area contributed by atoms with Crippen LogP contribution in [0.15, 0.2) is 47.6 Å². The minimum atomic E-state index is 0.176. The van der Waals surface area contributed by atoms with E-state index in [0.29, 0.717) is 19.0 Å². The molecule has 0 aliphatic carbocycles. The first-order chi connectivity index (χ1) is 12.1. The molecule has 0 saturated heterocycles. The van der Waals surface area contributed by atoms with Gasteiger partial charge in [0.2, 0.25) is 5.88 Å². The third-order valence-electron chi connectivity index (χ3n) is 3.94. The number of benzene rings is 1. The van der Waals surface area contributed by atoms with Crippen LogP contribution in [0, 0.1) is 6.92 Å². The monoisotopic (exact) mass is 340 g/mol. The summed E-state index contributed by atoms with van der Waals surface area (Å²) < 4.78 is 5.50. The zero-order chi connectivity index (χ0) is 18.1. The molecular weight excluding hydrogens is 312 g/mol. The molecule has 2 N–H and O–H groups in total. The topological polar surface area (TPSA) is 58.5 Å². The largest absolute Gasteiger partial charge is 0.478 e. The number of ether oxygens (including phenoxy) is 1. The minimum Gasteiger partial charge on any atom is -0.478 e. The zero-order valence-electron chi connectivity index (χ0n) is 15.5. The molecule has 2 aromatic rings. The van der Waals surface area contributed by atoms with E-state index in [1.54, 1.807) is 7.05 Å². The van der Waals surface area contributed by atoms with E-state index in [0.717, 1.165) is 17.9 Å². The summed E-state index contributed by atoms with van der Waals surface area (Å²) in [5.41, 5.74) is 3.62. The minimum absolute atomic E-state index is 0.176. The highest BCUT2D eigenvalue weighted by Gasteiger charge is 2.09. The molecule has 1 aromatic heterocycles. The fourth-order valence-electron chi connectivity index (χ4n) is 2.54. The molecule has 1 unspecified atom stereocenters. The molecule has 5 heteroatoms. The maximum absolute atomic E-state index is 5.50. The van der Waals surface area contributed by atoms with Crippen molar-refractivity contribution in [3.63, 3.8) is 0 Å². The molecule has 0 bridgehead atoms. The Labute approximate surface area is 150 Å². The highest BCUT2D eigenvalue weighted by molar-refractivity contribution is 5.80. The number of nitrogens with one attached hydrogen (secondary N) is 2. The molecule has 1 atom stereocenters. The van der Waals surface area contributed by atoms with Crippen molar-refractivity contribution in [2.45, 2.75) is 39.8 Å². The van der Waals surface area contributed by atoms with Crippen molar-refractivity contribution in [2.24, 2.45) is 4.99 Å². The number of nitrogens with zero attached hydrogens (tertiary/aromatic N) is 2. The lowest BCUT2D eigenvalue weighted by molar-refractivity contribution is 0.305. The summed E-state index contributed by atoms with van der Waals surface area (Å²) in [5, 5.41) is 6.75. The molecule has 134 valence electrons. The summed E-state index contributed by atoms with van der Waals surface area (Å²) >= 11 is 0. The maximum Gasteiger partial charge on any atom is 0.213 e. The van der Waals surface area contributed by atoms with E-state index >= 15 is 0 Å². The Bertz CT molecular complexity index is 682. The van der Waals surface area contributed by atoms with E-state index in [4.69, 9.17) is 4.74 Å². The zero-order valence-corrected chi connectivity index (χ0v) is 15.5. The predicted octanol–water partition coefficient (Wildman–Crippen LogP) is 3.61. The van der Waals surface area contributed by atoms with Crippen LogP contribution in [0.4, 0.5) is 0 Å². The highest BCUT2D eigenvalue weighted by Crippen LogP contribution is 2.16. The predicted molar refractivity (Wildman–Crippen MR) is 103 cm³/mol. The molecule has 25 heavy (non-hydrogen) atoms. The van der Waals surface area contributed by atoms with Gasteiger partial charge in [-0.1, -0.05) is 37.3 Å². The lowest BCUT2D eigenvalue weighted by Gasteiger charge is -2.20. The standard InChI is InChI=1S/C20H28N4O/c1-5-12-25-19-11-10-17(13-22-19)14-23-20(21-4)24-16(3)18-9-7-6-8-15(18)2/h6-11,13,16H,5,12,14H2,1-4H3,(H2,21,23,24). The summed E-state index contributed by atoms with van der Waals surface area (Å²) in [6.45, 7) is 7.68. The van der Waals surface area contributed by atoms with Crippen molar-refractivity contribution in [1.82, 2.24) is 15.6 Å². The van der Waals surface area contributed by atoms with Crippen LogP contribution in [0.2, 0.25) is 0 Å². The van der Waals surface area contributed by atoms with Crippen LogP contribution < -0.4 is 15.4 Å². The number of hydrogen-bond donors (Lipinski definition) is 2. The molecule has 1 aromatic carbocycles. The fourth-order valence-corrected chi connectivity index (χ4v) is 2.54. The number of pyridine rings is 1. The molecule has 1 heterocycles. The second-order valence-electron chi connectivity index (χ2n) is 6.00. The number of aromatic nitrogens is 1. The summed E-state index contributed by atoms with van der Waals surface area (Å²) in [7, 11) is 1.78. The van der Waals surface area contributed by atoms with E-state index in [9.17, 15) is 0 Å². The van der Waals surface area contributed by atoms with E-state index < -0.39 is 0 Å². The van der Waals surface area contributed by atoms with Gasteiger partial charge in [0, 0.05) is 25.9 Å². The summed E-state index contributed by atoms with van der Waals surface area (Å²) in [6, 6.07) is 12.5. The summed E-state index contributed by atoms with van der Waals surface area (Å²) in [4.78, 5) is 8.62. The molecule has 2 rings (SSSR count). The SMILES string of the molecule is CCCOc1ccc(CNC(=NC)NC(C)c2ccccc2C)cn1. The first kappa shape index (κ1) is 18.8. The number of aryl methyl sites for hydroxylation is 1. The fraction of sp³-hybridized carbons (Fsp3) is 0.400. The van der Waals surface area contributed by atoms with Gasteiger partial charge in [0.25, 0.3) is 0 Å². The van der Waals surface area contributed by atoms with Crippen LogP contribution in [0.1, 0.15) is 43.0 Å². The first-order valence-electron chi connectivity index (χ1n) is 8.74. The van der Waals surface area contributed by atoms with E-state index in [1.807, 2.05) is 18.3 Å². The molecule has 0 radical (unpaired) electrons. The Morgan fingerprint density at radius 1 is 1.24 bits per heavy atom. The molecule has 0 aliphatic heterocycles. The van der Waals surface area contributed by atoms with Gasteiger partial charge in [-0.3, -0.25) is 4.99 Å². The van der Waals surface area contributed by atoms with Crippen LogP contribution >= 0.6 is 0 Å². The Kier molecular flexibility index (Phi) is 7.26. The number of hydrogen-bond acceptors (Lipinski definition) is 3. The molecule has 0 spiro atoms. The van der Waals surface area contributed by atoms with Crippen molar-refractivity contribution in [3.05, 3.63) is 59.3 Å². The van der Waals surface area contributed by atoms with Crippen molar-refractivity contribution in [1.29, 1.82) is 0 Å². The van der Waals surface area contributed by atoms with Gasteiger partial charge in [-0.2, -0.15) is 0 Å². The Morgan fingerprint density at radius 3 is 2.68 bits per heavy atom. The number of guanidine groups is 1. The van der Waals surface area contributed by atoms with Crippen molar-refractivity contribution >= 4 is 5.96 Å². The molecule has 0 amide bonds. The van der Waals surface area contributed by atoms with Crippen molar-refractivity contribution in [3.8, 4) is 5.88 Å². The van der Waals surface area contributed by atoms with Crippen LogP contribution in [0.3, 0.4) is 0 Å². The van der Waals surface area contributed by atoms with E-state index in [2.05, 4.69) is 65.6 Å².